The van der Waals surface area contributed by atoms with Crippen LogP contribution in [0.4, 0.5) is 19.0 Å². The third-order valence-corrected chi connectivity index (χ3v) is 6.94. The molecule has 7 nitrogen and oxygen atoms in total. The van der Waals surface area contributed by atoms with Crippen LogP contribution in [-0.4, -0.2) is 39.3 Å². The van der Waals surface area contributed by atoms with Crippen LogP contribution in [0.5, 0.6) is 0 Å². The van der Waals surface area contributed by atoms with Gasteiger partial charge in [-0.3, -0.25) is 9.36 Å². The van der Waals surface area contributed by atoms with Crippen LogP contribution in [0.2, 0.25) is 0 Å². The molecule has 2 rings (SSSR count). The Labute approximate surface area is 140 Å². The standard InChI is InChI=1S/C14H16F3N2O5P/c15-14(16,17)12(21)24-11(20)13(5-1-2-6-25(13,22)23)7-9-3-4-10(18)19-8-9/h3-4,8H,1-2,5-7H2,(H2,18,19)(H,22,23). The number of alkyl halides is 3. The maximum Gasteiger partial charge on any atom is 0.491 e. The number of nitrogen functional groups attached to an aromatic ring is 1. The minimum atomic E-state index is -5.38. The van der Waals surface area contributed by atoms with Crippen molar-refractivity contribution < 1.29 is 37.0 Å². The second kappa shape index (κ2) is 6.76. The van der Waals surface area contributed by atoms with Crippen LogP contribution >= 0.6 is 7.37 Å². The molecule has 0 aliphatic carbocycles. The van der Waals surface area contributed by atoms with Gasteiger partial charge in [-0.05, 0) is 30.9 Å². The highest BCUT2D eigenvalue weighted by molar-refractivity contribution is 7.60. The van der Waals surface area contributed by atoms with Gasteiger partial charge >= 0.3 is 18.1 Å². The highest BCUT2D eigenvalue weighted by Crippen LogP contribution is 2.62. The van der Waals surface area contributed by atoms with E-state index >= 15 is 0 Å². The lowest BCUT2D eigenvalue weighted by Gasteiger charge is -2.38. The van der Waals surface area contributed by atoms with Crippen LogP contribution in [0.1, 0.15) is 24.8 Å². The molecule has 1 fully saturated rings. The van der Waals surface area contributed by atoms with E-state index in [9.17, 15) is 32.2 Å². The van der Waals surface area contributed by atoms with Crippen molar-refractivity contribution in [3.8, 4) is 0 Å². The number of carbonyl (C=O) groups excluding carboxylic acids is 2. The van der Waals surface area contributed by atoms with Crippen molar-refractivity contribution in [2.75, 3.05) is 11.9 Å². The molecular formula is C14H16F3N2O5P. The van der Waals surface area contributed by atoms with Gasteiger partial charge in [0.2, 0.25) is 7.37 Å². The summed E-state index contributed by atoms with van der Waals surface area (Å²) in [5.74, 6) is -4.18. The lowest BCUT2D eigenvalue weighted by atomic mass is 9.93. The van der Waals surface area contributed by atoms with Crippen molar-refractivity contribution in [1.82, 2.24) is 4.98 Å². The molecule has 0 aromatic carbocycles. The molecule has 0 spiro atoms. The van der Waals surface area contributed by atoms with Gasteiger partial charge in [0.25, 0.3) is 0 Å². The number of hydrogen-bond donors (Lipinski definition) is 2. The summed E-state index contributed by atoms with van der Waals surface area (Å²) in [7, 11) is -4.22. The summed E-state index contributed by atoms with van der Waals surface area (Å²) in [6.07, 6.45) is -4.24. The number of esters is 2. The van der Waals surface area contributed by atoms with Crippen molar-refractivity contribution in [2.24, 2.45) is 0 Å². The zero-order valence-corrected chi connectivity index (χ0v) is 13.8. The van der Waals surface area contributed by atoms with Gasteiger partial charge in [0, 0.05) is 12.4 Å². The van der Waals surface area contributed by atoms with E-state index in [0.717, 1.165) is 0 Å². The van der Waals surface area contributed by atoms with Gasteiger partial charge in [0.1, 0.15) is 11.0 Å². The van der Waals surface area contributed by atoms with E-state index in [-0.39, 0.29) is 24.8 Å². The SMILES string of the molecule is Nc1ccc(CC2(C(=O)OC(=O)C(F)(F)F)CCCCP2(=O)O)cn1. The predicted molar refractivity (Wildman–Crippen MR) is 80.8 cm³/mol. The molecule has 0 bridgehead atoms. The molecule has 1 aromatic heterocycles. The fourth-order valence-electron chi connectivity index (χ4n) is 2.78. The number of pyridine rings is 1. The normalized spacial score (nSPS) is 26.9. The number of nitrogens with zero attached hydrogens (tertiary/aromatic N) is 1. The van der Waals surface area contributed by atoms with Crippen LogP contribution < -0.4 is 5.73 Å². The maximum atomic E-state index is 12.6. The summed E-state index contributed by atoms with van der Waals surface area (Å²) in [5.41, 5.74) is 5.76. The monoisotopic (exact) mass is 380 g/mol. The largest absolute Gasteiger partial charge is 0.491 e. The van der Waals surface area contributed by atoms with E-state index in [1.165, 1.54) is 18.3 Å². The van der Waals surface area contributed by atoms with Gasteiger partial charge in [0.05, 0.1) is 0 Å². The molecule has 3 N–H and O–H groups in total. The first-order valence-corrected chi connectivity index (χ1v) is 9.18. The highest BCUT2D eigenvalue weighted by Gasteiger charge is 2.57. The van der Waals surface area contributed by atoms with Crippen molar-refractivity contribution in [1.29, 1.82) is 0 Å². The number of anilines is 1. The second-order valence-electron chi connectivity index (χ2n) is 5.86. The molecule has 0 amide bonds. The third kappa shape index (κ3) is 4.01. The Kier molecular flexibility index (Phi) is 5.24. The third-order valence-electron chi connectivity index (χ3n) is 4.11. The number of nitrogens with two attached hydrogens (primary N) is 1. The molecule has 1 aliphatic heterocycles. The molecular weight excluding hydrogens is 364 g/mol. The second-order valence-corrected chi connectivity index (χ2v) is 8.56. The fourth-order valence-corrected chi connectivity index (χ4v) is 5.12. The van der Waals surface area contributed by atoms with Crippen molar-refractivity contribution in [3.05, 3.63) is 23.9 Å². The molecule has 0 saturated carbocycles. The Morgan fingerprint density at radius 1 is 1.36 bits per heavy atom. The van der Waals surface area contributed by atoms with Crippen molar-refractivity contribution >= 4 is 25.1 Å². The van der Waals surface area contributed by atoms with Crippen LogP contribution in [0.3, 0.4) is 0 Å². The topological polar surface area (TPSA) is 120 Å². The first-order chi connectivity index (χ1) is 11.5. The van der Waals surface area contributed by atoms with E-state index in [1.54, 1.807) is 0 Å². The molecule has 25 heavy (non-hydrogen) atoms. The van der Waals surface area contributed by atoms with Crippen LogP contribution in [0.25, 0.3) is 0 Å². The Morgan fingerprint density at radius 3 is 2.56 bits per heavy atom. The number of rotatable bonds is 3. The van der Waals surface area contributed by atoms with Gasteiger partial charge < -0.3 is 15.4 Å². The number of hydrogen-bond acceptors (Lipinski definition) is 6. The first kappa shape index (κ1) is 19.4. The Hall–Kier alpha value is -1.93. The van der Waals surface area contributed by atoms with Gasteiger partial charge in [-0.25, -0.2) is 9.78 Å². The number of aromatic nitrogens is 1. The van der Waals surface area contributed by atoms with E-state index < -0.39 is 30.6 Å². The molecule has 138 valence electrons. The Bertz CT molecular complexity index is 722. The van der Waals surface area contributed by atoms with Crippen LogP contribution in [-0.2, 0) is 25.3 Å². The van der Waals surface area contributed by atoms with E-state index in [2.05, 4.69) is 9.72 Å². The van der Waals surface area contributed by atoms with Gasteiger partial charge in [-0.15, -0.1) is 0 Å². The van der Waals surface area contributed by atoms with Crippen LogP contribution in [0, 0.1) is 0 Å². The number of carbonyl (C=O) groups is 2. The average molecular weight is 380 g/mol. The van der Waals surface area contributed by atoms with E-state index in [1.807, 2.05) is 0 Å². The summed E-state index contributed by atoms with van der Waals surface area (Å²) >= 11 is 0. The van der Waals surface area contributed by atoms with E-state index in [4.69, 9.17) is 5.73 Å². The smallest absolute Gasteiger partial charge is 0.386 e. The molecule has 2 unspecified atom stereocenters. The predicted octanol–water partition coefficient (Wildman–Crippen LogP) is 2.03. The summed E-state index contributed by atoms with van der Waals surface area (Å²) in [4.78, 5) is 37.4. The Balaban J connectivity index is 2.39. The first-order valence-electron chi connectivity index (χ1n) is 7.34. The molecule has 2 heterocycles. The zero-order valence-electron chi connectivity index (χ0n) is 13.0. The summed E-state index contributed by atoms with van der Waals surface area (Å²) in [6, 6.07) is 2.83. The van der Waals surface area contributed by atoms with E-state index in [0.29, 0.717) is 18.4 Å². The van der Waals surface area contributed by atoms with Crippen LogP contribution in [0.15, 0.2) is 18.3 Å². The fraction of sp³-hybridized carbons (Fsp3) is 0.500. The molecule has 0 radical (unpaired) electrons. The lowest BCUT2D eigenvalue weighted by molar-refractivity contribution is -0.202. The van der Waals surface area contributed by atoms with Gasteiger partial charge in [-0.1, -0.05) is 12.5 Å². The highest BCUT2D eigenvalue weighted by atomic mass is 31.2. The summed E-state index contributed by atoms with van der Waals surface area (Å²) in [6.45, 7) is 0. The number of ether oxygens (including phenoxy) is 1. The molecule has 1 aliphatic rings. The summed E-state index contributed by atoms with van der Waals surface area (Å²) in [5, 5.41) is -2.12. The molecule has 11 heteroatoms. The quantitative estimate of drug-likeness (QED) is 0.468. The van der Waals surface area contributed by atoms with Gasteiger partial charge in [-0.2, -0.15) is 13.2 Å². The minimum absolute atomic E-state index is 0.170. The molecule has 2 atom stereocenters. The Morgan fingerprint density at radius 2 is 2.04 bits per heavy atom. The summed E-state index contributed by atoms with van der Waals surface area (Å²) < 4.78 is 53.7. The molecule has 1 aromatic rings. The van der Waals surface area contributed by atoms with Crippen molar-refractivity contribution in [3.63, 3.8) is 0 Å². The minimum Gasteiger partial charge on any atom is -0.386 e. The maximum absolute atomic E-state index is 12.6. The lowest BCUT2D eigenvalue weighted by Crippen LogP contribution is -2.47. The molecule has 1 saturated heterocycles. The van der Waals surface area contributed by atoms with Crippen molar-refractivity contribution in [2.45, 2.75) is 37.0 Å². The zero-order chi connectivity index (χ0) is 18.9. The number of halogens is 3. The average Bonchev–Trinajstić information content (AvgIpc) is 2.50. The van der Waals surface area contributed by atoms with Gasteiger partial charge in [0.15, 0.2) is 0 Å².